The highest BCUT2D eigenvalue weighted by molar-refractivity contribution is 5.89. The van der Waals surface area contributed by atoms with Crippen molar-refractivity contribution in [1.82, 2.24) is 10.6 Å². The Hall–Kier alpha value is -1.79. The van der Waals surface area contributed by atoms with Crippen molar-refractivity contribution in [2.45, 2.75) is 32.9 Å². The average molecular weight is 231 g/mol. The topological polar surface area (TPSA) is 122 Å². The van der Waals surface area contributed by atoms with Crippen molar-refractivity contribution >= 4 is 17.9 Å². The lowest BCUT2D eigenvalue weighted by atomic mass is 10.0. The summed E-state index contributed by atoms with van der Waals surface area (Å²) in [4.78, 5) is 32.8. The van der Waals surface area contributed by atoms with Gasteiger partial charge in [-0.05, 0) is 12.8 Å². The number of nitrogens with two attached hydrogens (primary N) is 1. The molecule has 5 N–H and O–H groups in total. The van der Waals surface area contributed by atoms with Crippen molar-refractivity contribution in [3.05, 3.63) is 0 Å². The zero-order valence-electron chi connectivity index (χ0n) is 9.48. The van der Waals surface area contributed by atoms with Crippen LogP contribution in [-0.4, -0.2) is 35.1 Å². The Labute approximate surface area is 93.4 Å². The van der Waals surface area contributed by atoms with Crippen molar-refractivity contribution in [2.75, 3.05) is 0 Å². The highest BCUT2D eigenvalue weighted by atomic mass is 16.4. The first-order valence-corrected chi connectivity index (χ1v) is 4.84. The molecule has 0 heterocycles. The largest absolute Gasteiger partial charge is 0.480 e. The van der Waals surface area contributed by atoms with E-state index >= 15 is 0 Å². The molecule has 0 aliphatic rings. The summed E-state index contributed by atoms with van der Waals surface area (Å²) in [6.07, 6.45) is 0. The number of carboxylic acid groups (broad SMARTS) is 1. The Balaban J connectivity index is 4.50. The van der Waals surface area contributed by atoms with Crippen LogP contribution in [0.3, 0.4) is 0 Å². The van der Waals surface area contributed by atoms with Crippen LogP contribution in [0.5, 0.6) is 0 Å². The highest BCUT2D eigenvalue weighted by Crippen LogP contribution is 2.02. The van der Waals surface area contributed by atoms with Crippen molar-refractivity contribution in [3.8, 4) is 0 Å². The summed E-state index contributed by atoms with van der Waals surface area (Å²) in [6.45, 7) is 4.76. The molecule has 7 nitrogen and oxygen atoms in total. The molecular formula is C9H17N3O4. The Morgan fingerprint density at radius 1 is 1.12 bits per heavy atom. The quantitative estimate of drug-likeness (QED) is 0.498. The number of carboxylic acids is 1. The summed E-state index contributed by atoms with van der Waals surface area (Å²) in [5.41, 5.74) is 4.91. The minimum Gasteiger partial charge on any atom is -0.480 e. The number of hydrogen-bond acceptors (Lipinski definition) is 3. The Morgan fingerprint density at radius 2 is 1.62 bits per heavy atom. The van der Waals surface area contributed by atoms with Crippen LogP contribution in [0, 0.1) is 5.92 Å². The molecule has 0 aromatic rings. The molecule has 0 radical (unpaired) electrons. The molecule has 0 aliphatic carbocycles. The number of rotatable bonds is 5. The van der Waals surface area contributed by atoms with Crippen molar-refractivity contribution in [2.24, 2.45) is 11.7 Å². The summed E-state index contributed by atoms with van der Waals surface area (Å²) >= 11 is 0. The molecule has 0 fully saturated rings. The van der Waals surface area contributed by atoms with E-state index in [0.717, 1.165) is 0 Å². The number of carbonyl (C=O) groups excluding carboxylic acids is 2. The molecule has 0 spiro atoms. The Morgan fingerprint density at radius 3 is 1.94 bits per heavy atom. The molecule has 1 unspecified atom stereocenters. The van der Waals surface area contributed by atoms with Gasteiger partial charge in [-0.25, -0.2) is 4.79 Å². The van der Waals surface area contributed by atoms with Gasteiger partial charge in [-0.2, -0.15) is 0 Å². The standard InChI is InChI=1S/C9H17N3O4/c1-4(2)6(12-9(10)16)7(13)11-5(3)8(14)15/h4-6H,1-3H3,(H,11,13)(H,14,15)(H3,10,12,16)/t5-,6?/m1/s1. The van der Waals surface area contributed by atoms with Gasteiger partial charge >= 0.3 is 12.0 Å². The maximum atomic E-state index is 11.6. The lowest BCUT2D eigenvalue weighted by Crippen LogP contribution is -2.54. The third-order valence-electron chi connectivity index (χ3n) is 1.98. The smallest absolute Gasteiger partial charge is 0.325 e. The number of amides is 3. The second kappa shape index (κ2) is 5.94. The molecule has 0 aromatic carbocycles. The van der Waals surface area contributed by atoms with E-state index in [1.165, 1.54) is 6.92 Å². The third-order valence-corrected chi connectivity index (χ3v) is 1.98. The van der Waals surface area contributed by atoms with Crippen molar-refractivity contribution in [3.63, 3.8) is 0 Å². The number of nitrogens with one attached hydrogen (secondary N) is 2. The first kappa shape index (κ1) is 14.2. The van der Waals surface area contributed by atoms with Gasteiger partial charge in [-0.1, -0.05) is 13.8 Å². The van der Waals surface area contributed by atoms with E-state index in [-0.39, 0.29) is 5.92 Å². The van der Waals surface area contributed by atoms with Gasteiger partial charge in [0.15, 0.2) is 0 Å². The van der Waals surface area contributed by atoms with Gasteiger partial charge in [-0.3, -0.25) is 9.59 Å². The zero-order chi connectivity index (χ0) is 12.9. The van der Waals surface area contributed by atoms with E-state index in [9.17, 15) is 14.4 Å². The number of hydrogen-bond donors (Lipinski definition) is 4. The fourth-order valence-corrected chi connectivity index (χ4v) is 1.05. The predicted molar refractivity (Wildman–Crippen MR) is 56.6 cm³/mol. The van der Waals surface area contributed by atoms with Crippen LogP contribution in [-0.2, 0) is 9.59 Å². The van der Waals surface area contributed by atoms with Gasteiger partial charge in [0, 0.05) is 0 Å². The maximum Gasteiger partial charge on any atom is 0.325 e. The lowest BCUT2D eigenvalue weighted by Gasteiger charge is -2.21. The van der Waals surface area contributed by atoms with Crippen LogP contribution in [0.1, 0.15) is 20.8 Å². The maximum absolute atomic E-state index is 11.6. The summed E-state index contributed by atoms with van der Waals surface area (Å²) < 4.78 is 0. The molecule has 0 rings (SSSR count). The first-order valence-electron chi connectivity index (χ1n) is 4.84. The third kappa shape index (κ3) is 4.63. The summed E-state index contributed by atoms with van der Waals surface area (Å²) in [7, 11) is 0. The summed E-state index contributed by atoms with van der Waals surface area (Å²) in [5, 5.41) is 13.1. The fourth-order valence-electron chi connectivity index (χ4n) is 1.05. The van der Waals surface area contributed by atoms with Gasteiger partial charge in [0.05, 0.1) is 0 Å². The van der Waals surface area contributed by atoms with Crippen LogP contribution in [0.2, 0.25) is 0 Å². The Kier molecular flexibility index (Phi) is 5.27. The minimum absolute atomic E-state index is 0.187. The van der Waals surface area contributed by atoms with Crippen LogP contribution in [0.4, 0.5) is 4.79 Å². The van der Waals surface area contributed by atoms with E-state index in [4.69, 9.17) is 10.8 Å². The van der Waals surface area contributed by atoms with E-state index in [1.807, 2.05) is 0 Å². The minimum atomic E-state index is -1.14. The lowest BCUT2D eigenvalue weighted by molar-refractivity contribution is -0.141. The van der Waals surface area contributed by atoms with E-state index in [0.29, 0.717) is 0 Å². The zero-order valence-corrected chi connectivity index (χ0v) is 9.48. The van der Waals surface area contributed by atoms with Crippen LogP contribution >= 0.6 is 0 Å². The molecule has 0 aromatic heterocycles. The average Bonchev–Trinajstić information content (AvgIpc) is 2.12. The predicted octanol–water partition coefficient (Wildman–Crippen LogP) is -0.731. The summed E-state index contributed by atoms with van der Waals surface area (Å²) in [6, 6.07) is -2.67. The SMILES string of the molecule is CC(C)C(NC(N)=O)C(=O)N[C@H](C)C(=O)O. The molecule has 0 bridgehead atoms. The fraction of sp³-hybridized carbons (Fsp3) is 0.667. The van der Waals surface area contributed by atoms with Crippen LogP contribution in [0.25, 0.3) is 0 Å². The number of carbonyl (C=O) groups is 3. The normalized spacial score (nSPS) is 14.0. The molecule has 16 heavy (non-hydrogen) atoms. The number of aliphatic carboxylic acids is 1. The van der Waals surface area contributed by atoms with Gasteiger partial charge < -0.3 is 21.5 Å². The first-order chi connectivity index (χ1) is 7.25. The second-order valence-electron chi connectivity index (χ2n) is 3.80. The highest BCUT2D eigenvalue weighted by Gasteiger charge is 2.25. The van der Waals surface area contributed by atoms with E-state index in [2.05, 4.69) is 10.6 Å². The molecule has 7 heteroatoms. The Bertz CT molecular complexity index is 290. The second-order valence-corrected chi connectivity index (χ2v) is 3.80. The summed E-state index contributed by atoms with van der Waals surface area (Å²) in [5.74, 6) is -1.90. The molecule has 0 saturated carbocycles. The van der Waals surface area contributed by atoms with Crippen LogP contribution < -0.4 is 16.4 Å². The molecule has 0 saturated heterocycles. The molecule has 3 amide bonds. The van der Waals surface area contributed by atoms with Gasteiger partial charge in [0.2, 0.25) is 5.91 Å². The van der Waals surface area contributed by atoms with E-state index in [1.54, 1.807) is 13.8 Å². The van der Waals surface area contributed by atoms with Crippen molar-refractivity contribution < 1.29 is 19.5 Å². The number of primary amides is 1. The molecule has 92 valence electrons. The molecule has 2 atom stereocenters. The van der Waals surface area contributed by atoms with Crippen molar-refractivity contribution in [1.29, 1.82) is 0 Å². The van der Waals surface area contributed by atoms with Crippen LogP contribution in [0.15, 0.2) is 0 Å². The van der Waals surface area contributed by atoms with Gasteiger partial charge in [0.25, 0.3) is 0 Å². The molecular weight excluding hydrogens is 214 g/mol. The van der Waals surface area contributed by atoms with Gasteiger partial charge in [-0.15, -0.1) is 0 Å². The molecule has 0 aliphatic heterocycles. The number of urea groups is 1. The monoisotopic (exact) mass is 231 g/mol. The van der Waals surface area contributed by atoms with E-state index < -0.39 is 30.0 Å². The van der Waals surface area contributed by atoms with Gasteiger partial charge in [0.1, 0.15) is 12.1 Å².